The predicted octanol–water partition coefficient (Wildman–Crippen LogP) is 4.25. The Hall–Kier alpha value is -2.72. The molecule has 1 atom stereocenters. The SMILES string of the molecule is Cn1ncc(NC(O)c2nc(-c3c(F)cccc3F)sc2N)c1NC1CCCCC1. The fourth-order valence-electron chi connectivity index (χ4n) is 3.72. The average Bonchev–Trinajstić information content (AvgIpc) is 3.26. The van der Waals surface area contributed by atoms with E-state index >= 15 is 0 Å². The van der Waals surface area contributed by atoms with E-state index in [-0.39, 0.29) is 21.3 Å². The highest BCUT2D eigenvalue weighted by molar-refractivity contribution is 7.18. The first-order chi connectivity index (χ1) is 14.4. The number of nitrogens with one attached hydrogen (secondary N) is 2. The summed E-state index contributed by atoms with van der Waals surface area (Å²) in [6.07, 6.45) is 6.14. The van der Waals surface area contributed by atoms with Gasteiger partial charge < -0.3 is 21.5 Å². The van der Waals surface area contributed by atoms with E-state index in [2.05, 4.69) is 20.7 Å². The van der Waals surface area contributed by atoms with Crippen LogP contribution in [0.25, 0.3) is 10.6 Å². The quantitative estimate of drug-likeness (QED) is 0.433. The van der Waals surface area contributed by atoms with E-state index in [0.29, 0.717) is 11.7 Å². The third kappa shape index (κ3) is 4.10. The molecule has 1 unspecified atom stereocenters. The zero-order valence-electron chi connectivity index (χ0n) is 16.5. The van der Waals surface area contributed by atoms with Crippen LogP contribution in [0.4, 0.5) is 25.3 Å². The summed E-state index contributed by atoms with van der Waals surface area (Å²) in [7, 11) is 1.82. The van der Waals surface area contributed by atoms with Gasteiger partial charge in [0.15, 0.2) is 6.23 Å². The van der Waals surface area contributed by atoms with Crippen molar-refractivity contribution in [2.24, 2.45) is 7.05 Å². The van der Waals surface area contributed by atoms with Gasteiger partial charge in [-0.15, -0.1) is 0 Å². The molecule has 1 aliphatic carbocycles. The molecule has 2 aromatic heterocycles. The highest BCUT2D eigenvalue weighted by Gasteiger charge is 2.24. The van der Waals surface area contributed by atoms with Crippen LogP contribution >= 0.6 is 11.3 Å². The minimum absolute atomic E-state index is 0.0747. The summed E-state index contributed by atoms with van der Waals surface area (Å²) in [6, 6.07) is 3.95. The third-order valence-corrected chi connectivity index (χ3v) is 6.21. The fraction of sp³-hybridized carbons (Fsp3) is 0.400. The van der Waals surface area contributed by atoms with Crippen LogP contribution < -0.4 is 16.4 Å². The standard InChI is InChI=1S/C20H24F2N6OS/c1-28-18(25-11-6-3-2-4-7-11)14(10-24-28)26-19(29)16-17(23)30-20(27-16)15-12(21)8-5-9-13(15)22/h5,8-11,19,25-26,29H,2-4,6-7,23H2,1H3. The van der Waals surface area contributed by atoms with Gasteiger partial charge >= 0.3 is 0 Å². The number of aliphatic hydroxyl groups is 1. The molecular weight excluding hydrogens is 410 g/mol. The van der Waals surface area contributed by atoms with E-state index in [0.717, 1.165) is 42.1 Å². The van der Waals surface area contributed by atoms with Crippen molar-refractivity contribution in [3.8, 4) is 10.6 Å². The Balaban J connectivity index is 1.55. The maximum atomic E-state index is 14.1. The van der Waals surface area contributed by atoms with Gasteiger partial charge in [0.1, 0.15) is 33.2 Å². The highest BCUT2D eigenvalue weighted by Crippen LogP contribution is 2.36. The number of hydrogen-bond acceptors (Lipinski definition) is 7. The number of aromatic nitrogens is 3. The van der Waals surface area contributed by atoms with Crippen LogP contribution in [-0.2, 0) is 7.05 Å². The normalized spacial score (nSPS) is 15.9. The summed E-state index contributed by atoms with van der Waals surface area (Å²) in [5.41, 5.74) is 6.46. The molecule has 30 heavy (non-hydrogen) atoms. The fourth-order valence-corrected chi connectivity index (χ4v) is 4.63. The van der Waals surface area contributed by atoms with E-state index in [1.807, 2.05) is 7.05 Å². The number of benzene rings is 1. The van der Waals surface area contributed by atoms with E-state index in [9.17, 15) is 13.9 Å². The smallest absolute Gasteiger partial charge is 0.171 e. The summed E-state index contributed by atoms with van der Waals surface area (Å²) < 4.78 is 29.9. The van der Waals surface area contributed by atoms with Gasteiger partial charge in [-0.3, -0.25) is 4.68 Å². The Morgan fingerprint density at radius 1 is 1.23 bits per heavy atom. The van der Waals surface area contributed by atoms with Gasteiger partial charge in [0.2, 0.25) is 0 Å². The summed E-state index contributed by atoms with van der Waals surface area (Å²) >= 11 is 0.923. The van der Waals surface area contributed by atoms with Gasteiger partial charge in [-0.25, -0.2) is 13.8 Å². The van der Waals surface area contributed by atoms with Crippen LogP contribution in [0.1, 0.15) is 44.0 Å². The second-order valence-corrected chi connectivity index (χ2v) is 8.45. The number of halogens is 2. The Bertz CT molecular complexity index is 1010. The van der Waals surface area contributed by atoms with Gasteiger partial charge in [-0.05, 0) is 25.0 Å². The Morgan fingerprint density at radius 2 is 1.93 bits per heavy atom. The van der Waals surface area contributed by atoms with Crippen LogP contribution in [0.5, 0.6) is 0 Å². The Morgan fingerprint density at radius 3 is 2.63 bits per heavy atom. The predicted molar refractivity (Wildman–Crippen MR) is 114 cm³/mol. The molecule has 0 bridgehead atoms. The molecule has 3 aromatic rings. The van der Waals surface area contributed by atoms with Crippen molar-refractivity contribution in [3.63, 3.8) is 0 Å². The highest BCUT2D eigenvalue weighted by atomic mass is 32.1. The molecule has 160 valence electrons. The van der Waals surface area contributed by atoms with Crippen molar-refractivity contribution >= 4 is 27.8 Å². The molecule has 1 fully saturated rings. The molecule has 7 nitrogen and oxygen atoms in total. The van der Waals surface area contributed by atoms with Crippen molar-refractivity contribution in [2.75, 3.05) is 16.4 Å². The summed E-state index contributed by atoms with van der Waals surface area (Å²) in [5, 5.41) is 21.7. The lowest BCUT2D eigenvalue weighted by atomic mass is 9.95. The van der Waals surface area contributed by atoms with Gasteiger partial charge in [0, 0.05) is 13.1 Å². The first-order valence-corrected chi connectivity index (χ1v) is 10.7. The van der Waals surface area contributed by atoms with Gasteiger partial charge in [-0.1, -0.05) is 36.7 Å². The number of thiazole rings is 1. The first kappa shape index (κ1) is 20.5. The summed E-state index contributed by atoms with van der Waals surface area (Å²) in [5.74, 6) is -0.705. The zero-order valence-corrected chi connectivity index (χ0v) is 17.3. The largest absolute Gasteiger partial charge is 0.389 e. The van der Waals surface area contributed by atoms with Crippen LogP contribution in [0.15, 0.2) is 24.4 Å². The molecule has 1 aromatic carbocycles. The van der Waals surface area contributed by atoms with Crippen molar-refractivity contribution in [1.29, 1.82) is 0 Å². The lowest BCUT2D eigenvalue weighted by molar-refractivity contribution is 0.205. The number of nitrogens with zero attached hydrogens (tertiary/aromatic N) is 3. The maximum absolute atomic E-state index is 14.1. The minimum Gasteiger partial charge on any atom is -0.389 e. The molecular formula is C20H24F2N6OS. The molecule has 0 saturated heterocycles. The zero-order chi connectivity index (χ0) is 21.3. The molecule has 1 saturated carbocycles. The lowest BCUT2D eigenvalue weighted by Crippen LogP contribution is -2.24. The number of nitrogens with two attached hydrogens (primary N) is 1. The number of anilines is 3. The van der Waals surface area contributed by atoms with Crippen molar-refractivity contribution in [1.82, 2.24) is 14.8 Å². The number of rotatable bonds is 6. The van der Waals surface area contributed by atoms with Crippen LogP contribution in [-0.4, -0.2) is 25.9 Å². The van der Waals surface area contributed by atoms with Gasteiger partial charge in [-0.2, -0.15) is 5.10 Å². The second-order valence-electron chi connectivity index (χ2n) is 7.42. The van der Waals surface area contributed by atoms with E-state index in [4.69, 9.17) is 5.73 Å². The lowest BCUT2D eigenvalue weighted by Gasteiger charge is -2.25. The first-order valence-electron chi connectivity index (χ1n) is 9.87. The molecule has 10 heteroatoms. The Kier molecular flexibility index (Phi) is 5.87. The molecule has 1 aliphatic rings. The van der Waals surface area contributed by atoms with Crippen molar-refractivity contribution in [2.45, 2.75) is 44.4 Å². The monoisotopic (exact) mass is 434 g/mol. The van der Waals surface area contributed by atoms with E-state index in [1.165, 1.54) is 25.3 Å². The van der Waals surface area contributed by atoms with Crippen LogP contribution in [0.3, 0.4) is 0 Å². The molecule has 0 aliphatic heterocycles. The molecule has 0 spiro atoms. The van der Waals surface area contributed by atoms with Gasteiger partial charge in [0.05, 0.1) is 17.4 Å². The van der Waals surface area contributed by atoms with Crippen LogP contribution in [0, 0.1) is 11.6 Å². The second kappa shape index (κ2) is 8.57. The minimum atomic E-state index is -1.26. The topological polar surface area (TPSA) is 101 Å². The number of hydrogen-bond donors (Lipinski definition) is 4. The molecule has 0 radical (unpaired) electrons. The molecule has 4 rings (SSSR count). The molecule has 5 N–H and O–H groups in total. The average molecular weight is 435 g/mol. The Labute approximate surface area is 176 Å². The van der Waals surface area contributed by atoms with E-state index < -0.39 is 17.9 Å². The number of aryl methyl sites for hydroxylation is 1. The van der Waals surface area contributed by atoms with Crippen molar-refractivity contribution in [3.05, 3.63) is 41.7 Å². The number of nitrogen functional groups attached to an aromatic ring is 1. The molecule has 0 amide bonds. The number of aliphatic hydroxyl groups excluding tert-OH is 1. The van der Waals surface area contributed by atoms with Crippen molar-refractivity contribution < 1.29 is 13.9 Å². The van der Waals surface area contributed by atoms with Gasteiger partial charge in [0.25, 0.3) is 0 Å². The maximum Gasteiger partial charge on any atom is 0.171 e. The van der Waals surface area contributed by atoms with E-state index in [1.54, 1.807) is 10.9 Å². The third-order valence-electron chi connectivity index (χ3n) is 5.29. The molecule has 2 heterocycles. The van der Waals surface area contributed by atoms with Crippen LogP contribution in [0.2, 0.25) is 0 Å². The summed E-state index contributed by atoms with van der Waals surface area (Å²) in [4.78, 5) is 4.20. The summed E-state index contributed by atoms with van der Waals surface area (Å²) in [6.45, 7) is 0.